The van der Waals surface area contributed by atoms with Crippen molar-refractivity contribution < 1.29 is 13.5 Å². The van der Waals surface area contributed by atoms with Crippen LogP contribution >= 0.6 is 0 Å². The van der Waals surface area contributed by atoms with E-state index < -0.39 is 11.6 Å². The molecule has 2 nitrogen and oxygen atoms in total. The summed E-state index contributed by atoms with van der Waals surface area (Å²) < 4.78 is 32.3. The zero-order valence-corrected chi connectivity index (χ0v) is 10.2. The van der Waals surface area contributed by atoms with Crippen LogP contribution in [0, 0.1) is 11.6 Å². The van der Waals surface area contributed by atoms with Crippen LogP contribution in [0.15, 0.2) is 18.2 Å². The standard InChI is InChI=1S/C14H17F2NO/c15-10-3-4-11(12(16)7-10)13-8-17-14(9-18-13)5-1-2-6-14/h3-4,7,13,17H,1-2,5-6,8-9H2. The molecule has 3 rings (SSSR count). The smallest absolute Gasteiger partial charge is 0.131 e. The fourth-order valence-electron chi connectivity index (χ4n) is 3.01. The lowest BCUT2D eigenvalue weighted by molar-refractivity contribution is -0.0341. The number of hydrogen-bond acceptors (Lipinski definition) is 2. The lowest BCUT2D eigenvalue weighted by Gasteiger charge is -2.38. The second-order valence-electron chi connectivity index (χ2n) is 5.33. The van der Waals surface area contributed by atoms with Gasteiger partial charge in [0.15, 0.2) is 0 Å². The highest BCUT2D eigenvalue weighted by Crippen LogP contribution is 2.35. The van der Waals surface area contributed by atoms with Gasteiger partial charge in [0.1, 0.15) is 11.6 Å². The van der Waals surface area contributed by atoms with E-state index in [1.54, 1.807) is 0 Å². The van der Waals surface area contributed by atoms with Crippen molar-refractivity contribution in [3.8, 4) is 0 Å². The molecule has 2 aliphatic rings. The van der Waals surface area contributed by atoms with Gasteiger partial charge in [-0.05, 0) is 18.9 Å². The van der Waals surface area contributed by atoms with Crippen molar-refractivity contribution in [2.75, 3.05) is 13.2 Å². The maximum atomic E-state index is 13.7. The van der Waals surface area contributed by atoms with Gasteiger partial charge in [-0.15, -0.1) is 0 Å². The molecule has 0 bridgehead atoms. The third-order valence-corrected chi connectivity index (χ3v) is 4.09. The summed E-state index contributed by atoms with van der Waals surface area (Å²) in [4.78, 5) is 0. The summed E-state index contributed by atoms with van der Waals surface area (Å²) in [7, 11) is 0. The first-order chi connectivity index (χ1) is 8.69. The second kappa shape index (κ2) is 4.59. The van der Waals surface area contributed by atoms with Crippen LogP contribution in [0.5, 0.6) is 0 Å². The van der Waals surface area contributed by atoms with Crippen LogP contribution in [0.2, 0.25) is 0 Å². The number of nitrogens with one attached hydrogen (secondary N) is 1. The first kappa shape index (κ1) is 12.1. The minimum atomic E-state index is -0.549. The minimum Gasteiger partial charge on any atom is -0.370 e. The van der Waals surface area contributed by atoms with Crippen LogP contribution in [0.25, 0.3) is 0 Å². The normalized spacial score (nSPS) is 26.7. The number of halogens is 2. The first-order valence-corrected chi connectivity index (χ1v) is 6.50. The van der Waals surface area contributed by atoms with Crippen molar-refractivity contribution in [2.45, 2.75) is 37.3 Å². The van der Waals surface area contributed by atoms with Gasteiger partial charge in [-0.3, -0.25) is 0 Å². The van der Waals surface area contributed by atoms with Crippen LogP contribution in [-0.4, -0.2) is 18.7 Å². The molecule has 0 aromatic heterocycles. The van der Waals surface area contributed by atoms with Crippen LogP contribution in [-0.2, 0) is 4.74 Å². The van der Waals surface area contributed by atoms with Crippen LogP contribution in [0.4, 0.5) is 8.78 Å². The molecule has 2 fully saturated rings. The molecule has 1 atom stereocenters. The number of morpholine rings is 1. The van der Waals surface area contributed by atoms with Crippen LogP contribution < -0.4 is 5.32 Å². The van der Waals surface area contributed by atoms with Gasteiger partial charge in [0, 0.05) is 23.7 Å². The second-order valence-corrected chi connectivity index (χ2v) is 5.33. The molecule has 1 unspecified atom stereocenters. The number of hydrogen-bond donors (Lipinski definition) is 1. The zero-order chi connectivity index (χ0) is 12.6. The Kier molecular flexibility index (Phi) is 3.08. The third kappa shape index (κ3) is 2.15. The van der Waals surface area contributed by atoms with E-state index in [9.17, 15) is 8.78 Å². The highest BCUT2D eigenvalue weighted by Gasteiger charge is 2.38. The Labute approximate surface area is 105 Å². The molecular weight excluding hydrogens is 236 g/mol. The highest BCUT2D eigenvalue weighted by molar-refractivity contribution is 5.22. The van der Waals surface area contributed by atoms with Gasteiger partial charge in [0.2, 0.25) is 0 Å². The van der Waals surface area contributed by atoms with Crippen molar-refractivity contribution in [1.82, 2.24) is 5.32 Å². The van der Waals surface area contributed by atoms with Crippen molar-refractivity contribution in [1.29, 1.82) is 0 Å². The van der Waals surface area contributed by atoms with Gasteiger partial charge >= 0.3 is 0 Å². The molecule has 1 saturated heterocycles. The summed E-state index contributed by atoms with van der Waals surface area (Å²) in [6.45, 7) is 1.22. The zero-order valence-electron chi connectivity index (χ0n) is 10.2. The van der Waals surface area contributed by atoms with Gasteiger partial charge in [-0.1, -0.05) is 18.9 Å². The Morgan fingerprint density at radius 2 is 2.00 bits per heavy atom. The Bertz CT molecular complexity index is 433. The van der Waals surface area contributed by atoms with E-state index in [4.69, 9.17) is 4.74 Å². The molecule has 1 aromatic carbocycles. The molecular formula is C14H17F2NO. The number of ether oxygens (including phenoxy) is 1. The quantitative estimate of drug-likeness (QED) is 0.831. The Morgan fingerprint density at radius 1 is 1.22 bits per heavy atom. The van der Waals surface area contributed by atoms with E-state index >= 15 is 0 Å². The SMILES string of the molecule is Fc1ccc(C2CNC3(CCCC3)CO2)c(F)c1. The Balaban J connectivity index is 1.72. The van der Waals surface area contributed by atoms with Gasteiger partial charge < -0.3 is 10.1 Å². The van der Waals surface area contributed by atoms with Gasteiger partial charge in [-0.25, -0.2) is 8.78 Å². The van der Waals surface area contributed by atoms with E-state index in [1.165, 1.54) is 25.0 Å². The molecule has 1 aromatic rings. The first-order valence-electron chi connectivity index (χ1n) is 6.50. The molecule has 1 aliphatic carbocycles. The fraction of sp³-hybridized carbons (Fsp3) is 0.571. The molecule has 1 spiro atoms. The molecule has 1 heterocycles. The predicted octanol–water partition coefficient (Wildman–Crippen LogP) is 2.94. The summed E-state index contributed by atoms with van der Waals surface area (Å²) in [6, 6.07) is 3.67. The van der Waals surface area contributed by atoms with Crippen LogP contribution in [0.3, 0.4) is 0 Å². The number of rotatable bonds is 1. The van der Waals surface area contributed by atoms with Gasteiger partial charge in [-0.2, -0.15) is 0 Å². The average molecular weight is 253 g/mol. The van der Waals surface area contributed by atoms with Crippen molar-refractivity contribution >= 4 is 0 Å². The topological polar surface area (TPSA) is 21.3 Å². The molecule has 1 saturated carbocycles. The Morgan fingerprint density at radius 3 is 2.61 bits per heavy atom. The summed E-state index contributed by atoms with van der Waals surface area (Å²) in [5.74, 6) is -1.07. The third-order valence-electron chi connectivity index (χ3n) is 4.09. The molecule has 1 N–H and O–H groups in total. The number of benzene rings is 1. The summed E-state index contributed by atoms with van der Waals surface area (Å²) in [5, 5.41) is 3.50. The molecule has 18 heavy (non-hydrogen) atoms. The Hall–Kier alpha value is -1.00. The van der Waals surface area contributed by atoms with E-state index in [2.05, 4.69) is 5.32 Å². The van der Waals surface area contributed by atoms with E-state index in [0.29, 0.717) is 18.7 Å². The minimum absolute atomic E-state index is 0.104. The maximum Gasteiger partial charge on any atom is 0.131 e. The summed E-state index contributed by atoms with van der Waals surface area (Å²) >= 11 is 0. The van der Waals surface area contributed by atoms with E-state index in [-0.39, 0.29) is 11.6 Å². The average Bonchev–Trinajstić information content (AvgIpc) is 2.80. The maximum absolute atomic E-state index is 13.7. The van der Waals surface area contributed by atoms with E-state index in [1.807, 2.05) is 0 Å². The molecule has 98 valence electrons. The highest BCUT2D eigenvalue weighted by atomic mass is 19.1. The van der Waals surface area contributed by atoms with Gasteiger partial charge in [0.05, 0.1) is 12.7 Å². The van der Waals surface area contributed by atoms with E-state index in [0.717, 1.165) is 18.9 Å². The van der Waals surface area contributed by atoms with Gasteiger partial charge in [0.25, 0.3) is 0 Å². The summed E-state index contributed by atoms with van der Waals surface area (Å²) in [5.41, 5.74) is 0.546. The predicted molar refractivity (Wildman–Crippen MR) is 64.3 cm³/mol. The molecule has 0 amide bonds. The fourth-order valence-corrected chi connectivity index (χ4v) is 3.01. The van der Waals surface area contributed by atoms with Crippen molar-refractivity contribution in [3.63, 3.8) is 0 Å². The van der Waals surface area contributed by atoms with Crippen LogP contribution in [0.1, 0.15) is 37.4 Å². The molecule has 0 radical (unpaired) electrons. The largest absolute Gasteiger partial charge is 0.370 e. The molecule has 1 aliphatic heterocycles. The van der Waals surface area contributed by atoms with Crippen molar-refractivity contribution in [2.24, 2.45) is 0 Å². The lowest BCUT2D eigenvalue weighted by atomic mass is 9.95. The monoisotopic (exact) mass is 253 g/mol. The summed E-state index contributed by atoms with van der Waals surface area (Å²) in [6.07, 6.45) is 4.41. The molecule has 4 heteroatoms. The lowest BCUT2D eigenvalue weighted by Crippen LogP contribution is -2.53. The van der Waals surface area contributed by atoms with Crippen molar-refractivity contribution in [3.05, 3.63) is 35.4 Å².